The van der Waals surface area contributed by atoms with E-state index in [0.717, 1.165) is 5.69 Å². The van der Waals surface area contributed by atoms with E-state index in [2.05, 4.69) is 20.7 Å². The number of alkyl halides is 3. The Morgan fingerprint density at radius 1 is 1.50 bits per heavy atom. The van der Waals surface area contributed by atoms with Crippen LogP contribution in [0.4, 0.5) is 13.2 Å². The lowest BCUT2D eigenvalue weighted by Gasteiger charge is -2.22. The van der Waals surface area contributed by atoms with Gasteiger partial charge in [-0.1, -0.05) is 5.16 Å². The number of H-pyrrole nitrogens is 1. The summed E-state index contributed by atoms with van der Waals surface area (Å²) >= 11 is 0. The Morgan fingerprint density at radius 2 is 2.29 bits per heavy atom. The molecule has 0 aliphatic heterocycles. The van der Waals surface area contributed by atoms with Crippen LogP contribution in [0, 0.1) is 12.8 Å². The molecule has 1 aliphatic carbocycles. The van der Waals surface area contributed by atoms with Crippen LogP contribution in [0.3, 0.4) is 0 Å². The molecule has 0 aromatic carbocycles. The Hall–Kier alpha value is -2.32. The highest BCUT2D eigenvalue weighted by Crippen LogP contribution is 2.36. The van der Waals surface area contributed by atoms with Gasteiger partial charge in [0.1, 0.15) is 5.76 Å². The zero-order valence-electron chi connectivity index (χ0n) is 13.0. The molecule has 0 saturated heterocycles. The summed E-state index contributed by atoms with van der Waals surface area (Å²) < 4.78 is 43.8. The van der Waals surface area contributed by atoms with Crippen molar-refractivity contribution >= 4 is 5.91 Å². The minimum atomic E-state index is -4.51. The maximum atomic E-state index is 12.9. The Kier molecular flexibility index (Phi) is 4.33. The highest BCUT2D eigenvalue weighted by Gasteiger charge is 2.40. The quantitative estimate of drug-likeness (QED) is 0.892. The summed E-state index contributed by atoms with van der Waals surface area (Å²) in [6, 6.07) is 1.78. The van der Waals surface area contributed by atoms with Gasteiger partial charge in [0.25, 0.3) is 0 Å². The minimum absolute atomic E-state index is 0.0495. The second-order valence-electron chi connectivity index (χ2n) is 5.94. The second-order valence-corrected chi connectivity index (χ2v) is 5.94. The molecule has 2 aromatic rings. The molecule has 1 amide bonds. The van der Waals surface area contributed by atoms with Crippen LogP contribution in [0.25, 0.3) is 0 Å². The van der Waals surface area contributed by atoms with Crippen LogP contribution in [0.2, 0.25) is 0 Å². The zero-order chi connectivity index (χ0) is 17.3. The fourth-order valence-corrected chi connectivity index (χ4v) is 2.94. The van der Waals surface area contributed by atoms with Gasteiger partial charge < -0.3 is 9.84 Å². The van der Waals surface area contributed by atoms with Crippen molar-refractivity contribution < 1.29 is 22.5 Å². The summed E-state index contributed by atoms with van der Waals surface area (Å²) in [6.07, 6.45) is -3.08. The van der Waals surface area contributed by atoms with Crippen LogP contribution in [-0.2, 0) is 30.2 Å². The number of aryl methyl sites for hydroxylation is 2. The normalized spacial score (nSPS) is 17.6. The van der Waals surface area contributed by atoms with E-state index in [1.54, 1.807) is 13.0 Å². The van der Waals surface area contributed by atoms with Gasteiger partial charge >= 0.3 is 6.18 Å². The Balaban J connectivity index is 1.58. The van der Waals surface area contributed by atoms with Crippen molar-refractivity contribution in [3.63, 3.8) is 0 Å². The largest absolute Gasteiger partial charge is 0.435 e. The summed E-state index contributed by atoms with van der Waals surface area (Å²) in [7, 11) is 0. The molecule has 0 fully saturated rings. The highest BCUT2D eigenvalue weighted by molar-refractivity contribution is 5.79. The topological polar surface area (TPSA) is 83.8 Å². The van der Waals surface area contributed by atoms with Crippen molar-refractivity contribution in [2.45, 2.75) is 38.8 Å². The number of rotatable bonds is 4. The summed E-state index contributed by atoms with van der Waals surface area (Å²) in [4.78, 5) is 12.2. The SMILES string of the molecule is Cc1cc(CCNC(=O)C2CCc3[nH]nc(C(F)(F)F)c3C2)on1. The summed E-state index contributed by atoms with van der Waals surface area (Å²) in [5.74, 6) is -0.0632. The van der Waals surface area contributed by atoms with Gasteiger partial charge in [-0.2, -0.15) is 18.3 Å². The molecular weight excluding hydrogens is 325 g/mol. The molecule has 1 aliphatic rings. The van der Waals surface area contributed by atoms with Crippen molar-refractivity contribution in [2.24, 2.45) is 5.92 Å². The maximum absolute atomic E-state index is 12.9. The molecule has 0 radical (unpaired) electrons. The second kappa shape index (κ2) is 6.29. The van der Waals surface area contributed by atoms with Crippen LogP contribution in [0.1, 0.15) is 34.8 Å². The van der Waals surface area contributed by atoms with Gasteiger partial charge in [-0.3, -0.25) is 9.89 Å². The Morgan fingerprint density at radius 3 is 2.96 bits per heavy atom. The molecule has 6 nitrogen and oxygen atoms in total. The summed E-state index contributed by atoms with van der Waals surface area (Å²) in [5.41, 5.74) is 0.436. The van der Waals surface area contributed by atoms with E-state index < -0.39 is 17.8 Å². The molecule has 0 saturated carbocycles. The summed E-state index contributed by atoms with van der Waals surface area (Å²) in [6.45, 7) is 2.16. The third-order valence-corrected chi connectivity index (χ3v) is 4.13. The number of nitrogens with zero attached hydrogens (tertiary/aromatic N) is 2. The highest BCUT2D eigenvalue weighted by atomic mass is 19.4. The fraction of sp³-hybridized carbons (Fsp3) is 0.533. The van der Waals surface area contributed by atoms with Gasteiger partial charge in [0.15, 0.2) is 5.69 Å². The number of nitrogens with one attached hydrogen (secondary N) is 2. The van der Waals surface area contributed by atoms with Crippen molar-refractivity contribution in [3.05, 3.63) is 34.5 Å². The Labute approximate surface area is 135 Å². The molecule has 3 rings (SSSR count). The van der Waals surface area contributed by atoms with Gasteiger partial charge in [0.2, 0.25) is 5.91 Å². The molecule has 0 bridgehead atoms. The van der Waals surface area contributed by atoms with Gasteiger partial charge in [-0.25, -0.2) is 0 Å². The van der Waals surface area contributed by atoms with Crippen molar-refractivity contribution in [1.82, 2.24) is 20.7 Å². The van der Waals surface area contributed by atoms with E-state index in [0.29, 0.717) is 37.3 Å². The molecule has 2 N–H and O–H groups in total. The number of hydrogen-bond acceptors (Lipinski definition) is 4. The van der Waals surface area contributed by atoms with E-state index in [4.69, 9.17) is 4.52 Å². The number of amides is 1. The van der Waals surface area contributed by atoms with Gasteiger partial charge in [-0.15, -0.1) is 0 Å². The number of carbonyl (C=O) groups is 1. The number of aromatic nitrogens is 3. The van der Waals surface area contributed by atoms with E-state index in [-0.39, 0.29) is 17.9 Å². The molecule has 1 atom stereocenters. The molecule has 9 heteroatoms. The minimum Gasteiger partial charge on any atom is -0.361 e. The monoisotopic (exact) mass is 342 g/mol. The number of halogens is 3. The first-order valence-electron chi connectivity index (χ1n) is 7.68. The van der Waals surface area contributed by atoms with Crippen molar-refractivity contribution in [2.75, 3.05) is 6.54 Å². The molecule has 24 heavy (non-hydrogen) atoms. The van der Waals surface area contributed by atoms with Crippen LogP contribution in [-0.4, -0.2) is 27.8 Å². The average molecular weight is 342 g/mol. The predicted octanol–water partition coefficient (Wildman–Crippen LogP) is 2.19. The fourth-order valence-electron chi connectivity index (χ4n) is 2.94. The van der Waals surface area contributed by atoms with Crippen LogP contribution < -0.4 is 5.32 Å². The van der Waals surface area contributed by atoms with E-state index in [9.17, 15) is 18.0 Å². The number of carbonyl (C=O) groups excluding carboxylic acids is 1. The Bertz CT molecular complexity index is 735. The van der Waals surface area contributed by atoms with Gasteiger partial charge in [-0.05, 0) is 26.2 Å². The lowest BCUT2D eigenvalue weighted by atomic mass is 9.85. The molecule has 1 unspecified atom stereocenters. The molecule has 130 valence electrons. The van der Waals surface area contributed by atoms with E-state index in [1.165, 1.54) is 0 Å². The first-order valence-corrected chi connectivity index (χ1v) is 7.68. The van der Waals surface area contributed by atoms with Crippen molar-refractivity contribution in [1.29, 1.82) is 0 Å². The first kappa shape index (κ1) is 16.5. The lowest BCUT2D eigenvalue weighted by molar-refractivity contribution is -0.142. The molecule has 2 aromatic heterocycles. The van der Waals surface area contributed by atoms with Crippen molar-refractivity contribution in [3.8, 4) is 0 Å². The predicted molar refractivity (Wildman–Crippen MR) is 77.1 cm³/mol. The van der Waals surface area contributed by atoms with Crippen LogP contribution in [0.15, 0.2) is 10.6 Å². The number of aromatic amines is 1. The van der Waals surface area contributed by atoms with Gasteiger partial charge in [0.05, 0.1) is 5.69 Å². The third kappa shape index (κ3) is 3.44. The maximum Gasteiger partial charge on any atom is 0.435 e. The van der Waals surface area contributed by atoms with Gasteiger partial charge in [0, 0.05) is 36.2 Å². The average Bonchev–Trinajstić information content (AvgIpc) is 3.12. The summed E-state index contributed by atoms with van der Waals surface area (Å²) in [5, 5.41) is 12.3. The molecule has 2 heterocycles. The standard InChI is InChI=1S/C15H17F3N4O2/c1-8-6-10(24-22-8)4-5-19-14(23)9-2-3-12-11(7-9)13(21-20-12)15(16,17)18/h6,9H,2-5,7H2,1H3,(H,19,23)(H,20,21). The molecular formula is C15H17F3N4O2. The van der Waals surface area contributed by atoms with Crippen LogP contribution >= 0.6 is 0 Å². The zero-order valence-corrected chi connectivity index (χ0v) is 13.0. The number of hydrogen-bond donors (Lipinski definition) is 2. The van der Waals surface area contributed by atoms with E-state index in [1.807, 2.05) is 0 Å². The first-order chi connectivity index (χ1) is 11.3. The molecule has 0 spiro atoms. The smallest absolute Gasteiger partial charge is 0.361 e. The number of fused-ring (bicyclic) bond motifs is 1. The third-order valence-electron chi connectivity index (χ3n) is 4.13. The van der Waals surface area contributed by atoms with E-state index >= 15 is 0 Å². The lowest BCUT2D eigenvalue weighted by Crippen LogP contribution is -2.35. The van der Waals surface area contributed by atoms with Crippen LogP contribution in [0.5, 0.6) is 0 Å².